The van der Waals surface area contributed by atoms with Crippen LogP contribution in [-0.4, -0.2) is 27.3 Å². The third-order valence-corrected chi connectivity index (χ3v) is 7.39. The van der Waals surface area contributed by atoms with Crippen molar-refractivity contribution in [3.05, 3.63) is 82.9 Å². The van der Waals surface area contributed by atoms with Crippen molar-refractivity contribution in [2.45, 2.75) is 64.6 Å². The average Bonchev–Trinajstić information content (AvgIpc) is 3.90. The van der Waals surface area contributed by atoms with Gasteiger partial charge in [-0.2, -0.15) is 0 Å². The van der Waals surface area contributed by atoms with Crippen LogP contribution in [0.25, 0.3) is 11.1 Å². The van der Waals surface area contributed by atoms with Crippen LogP contribution in [0.4, 0.5) is 8.78 Å². The van der Waals surface area contributed by atoms with E-state index < -0.39 is 11.8 Å². The van der Waals surface area contributed by atoms with Crippen LogP contribution < -0.4 is 9.47 Å². The number of halogens is 2. The number of hydrogen-bond donors (Lipinski definition) is 0. The highest BCUT2D eigenvalue weighted by Crippen LogP contribution is 2.57. The van der Waals surface area contributed by atoms with Crippen molar-refractivity contribution in [2.24, 2.45) is 5.41 Å². The van der Waals surface area contributed by atoms with E-state index in [9.17, 15) is 9.18 Å². The van der Waals surface area contributed by atoms with E-state index in [0.717, 1.165) is 29.5 Å². The Hall–Kier alpha value is -3.45. The SMILES string of the molecule is C1CC1.COC(=O)CCc1cccc(OCc2ccc(-c3cc(OC)ccc3F)c(C(OC)C3(C)CC3)c2)c1F. The highest BCUT2D eigenvalue weighted by Gasteiger charge is 2.46. The minimum Gasteiger partial charge on any atom is -0.497 e. The minimum absolute atomic E-state index is 0.0433. The topological polar surface area (TPSA) is 54.0 Å². The van der Waals surface area contributed by atoms with Crippen LogP contribution in [-0.2, 0) is 27.3 Å². The van der Waals surface area contributed by atoms with E-state index in [1.54, 1.807) is 44.6 Å². The standard InChI is InChI=1S/C30H32F2O5.C3H6/c1-30(14-15-30)29(36-4)24-16-19(8-11-22(24)23-17-21(34-2)10-12-25(23)31)18-37-26-7-5-6-20(28(26)32)9-13-27(33)35-3;1-2-3-1/h5-8,10-12,16-17,29H,9,13-15,18H2,1-4H3;1-3H2. The fraction of sp³-hybridized carbons (Fsp3) is 0.424. The molecule has 2 aliphatic rings. The van der Waals surface area contributed by atoms with Gasteiger partial charge < -0.3 is 18.9 Å². The molecule has 0 radical (unpaired) electrons. The second-order valence-corrected chi connectivity index (χ2v) is 10.7. The smallest absolute Gasteiger partial charge is 0.305 e. The Kier molecular flexibility index (Phi) is 9.80. The number of hydrogen-bond acceptors (Lipinski definition) is 5. The first-order valence-corrected chi connectivity index (χ1v) is 13.8. The van der Waals surface area contributed by atoms with E-state index in [0.29, 0.717) is 16.9 Å². The molecule has 2 fully saturated rings. The van der Waals surface area contributed by atoms with Crippen molar-refractivity contribution in [2.75, 3.05) is 21.3 Å². The van der Waals surface area contributed by atoms with Crippen LogP contribution in [0.2, 0.25) is 0 Å². The molecule has 40 heavy (non-hydrogen) atoms. The Morgan fingerprint density at radius 2 is 1.70 bits per heavy atom. The highest BCUT2D eigenvalue weighted by molar-refractivity contribution is 5.71. The van der Waals surface area contributed by atoms with E-state index in [2.05, 4.69) is 11.7 Å². The van der Waals surface area contributed by atoms with Crippen molar-refractivity contribution in [1.29, 1.82) is 0 Å². The van der Waals surface area contributed by atoms with Gasteiger partial charge in [0.15, 0.2) is 11.6 Å². The lowest BCUT2D eigenvalue weighted by molar-refractivity contribution is -0.140. The molecule has 5 nitrogen and oxygen atoms in total. The molecule has 5 rings (SSSR count). The maximum atomic E-state index is 15.0. The molecule has 0 spiro atoms. The summed E-state index contributed by atoms with van der Waals surface area (Å²) in [5.41, 5.74) is 3.14. The molecular weight excluding hydrogens is 514 g/mol. The first-order chi connectivity index (χ1) is 19.3. The number of benzene rings is 3. The lowest BCUT2D eigenvalue weighted by Crippen LogP contribution is -2.15. The summed E-state index contributed by atoms with van der Waals surface area (Å²) >= 11 is 0. The van der Waals surface area contributed by atoms with Crippen molar-refractivity contribution < 1.29 is 32.5 Å². The van der Waals surface area contributed by atoms with Crippen LogP contribution in [0.15, 0.2) is 54.6 Å². The average molecular weight is 553 g/mol. The van der Waals surface area contributed by atoms with Crippen LogP contribution in [0.5, 0.6) is 11.5 Å². The summed E-state index contributed by atoms with van der Waals surface area (Å²) < 4.78 is 51.7. The second-order valence-electron chi connectivity index (χ2n) is 10.7. The van der Waals surface area contributed by atoms with Crippen LogP contribution in [0.1, 0.15) is 68.2 Å². The van der Waals surface area contributed by atoms with Gasteiger partial charge in [-0.05, 0) is 77.3 Å². The lowest BCUT2D eigenvalue weighted by Gasteiger charge is -2.26. The summed E-state index contributed by atoms with van der Waals surface area (Å²) in [5.74, 6) is -0.592. The summed E-state index contributed by atoms with van der Waals surface area (Å²) in [7, 11) is 4.52. The van der Waals surface area contributed by atoms with E-state index in [1.807, 2.05) is 18.2 Å². The molecule has 0 aliphatic heterocycles. The molecule has 1 unspecified atom stereocenters. The third kappa shape index (κ3) is 7.39. The summed E-state index contributed by atoms with van der Waals surface area (Å²) in [6.07, 6.45) is 6.58. The first-order valence-electron chi connectivity index (χ1n) is 13.8. The molecule has 214 valence electrons. The number of methoxy groups -OCH3 is 3. The van der Waals surface area contributed by atoms with Gasteiger partial charge in [-0.25, -0.2) is 8.78 Å². The molecule has 1 atom stereocenters. The van der Waals surface area contributed by atoms with Crippen molar-refractivity contribution >= 4 is 5.97 Å². The third-order valence-electron chi connectivity index (χ3n) is 7.39. The molecule has 0 bridgehead atoms. The molecule has 3 aromatic rings. The zero-order valence-electron chi connectivity index (χ0n) is 23.7. The molecule has 7 heteroatoms. The number of carbonyl (C=O) groups excluding carboxylic acids is 1. The first kappa shape index (κ1) is 29.5. The predicted octanol–water partition coefficient (Wildman–Crippen LogP) is 7.98. The highest BCUT2D eigenvalue weighted by atomic mass is 19.1. The van der Waals surface area contributed by atoms with Gasteiger partial charge in [0.05, 0.1) is 20.3 Å². The van der Waals surface area contributed by atoms with Crippen molar-refractivity contribution in [3.63, 3.8) is 0 Å². The quantitative estimate of drug-likeness (QED) is 0.226. The Morgan fingerprint density at radius 1 is 0.950 bits per heavy atom. The maximum absolute atomic E-state index is 15.0. The number of ether oxygens (including phenoxy) is 4. The fourth-order valence-electron chi connectivity index (χ4n) is 4.61. The van der Waals surface area contributed by atoms with Gasteiger partial charge in [-0.3, -0.25) is 4.79 Å². The van der Waals surface area contributed by atoms with Crippen LogP contribution in [0.3, 0.4) is 0 Å². The summed E-state index contributed by atoms with van der Waals surface area (Å²) in [6.45, 7) is 2.27. The summed E-state index contributed by atoms with van der Waals surface area (Å²) in [4.78, 5) is 11.4. The summed E-state index contributed by atoms with van der Waals surface area (Å²) in [5, 5.41) is 0. The number of carbonyl (C=O) groups is 1. The Morgan fingerprint density at radius 3 is 2.33 bits per heavy atom. The molecule has 0 amide bonds. The monoisotopic (exact) mass is 552 g/mol. The van der Waals surface area contributed by atoms with E-state index >= 15 is 4.39 Å². The predicted molar refractivity (Wildman–Crippen MR) is 150 cm³/mol. The molecule has 2 aliphatic carbocycles. The van der Waals surface area contributed by atoms with Gasteiger partial charge in [0.1, 0.15) is 18.2 Å². The van der Waals surface area contributed by atoms with Crippen molar-refractivity contribution in [1.82, 2.24) is 0 Å². The largest absolute Gasteiger partial charge is 0.497 e. The van der Waals surface area contributed by atoms with Gasteiger partial charge in [0.25, 0.3) is 0 Å². The van der Waals surface area contributed by atoms with Crippen LogP contribution in [0, 0.1) is 17.0 Å². The van der Waals surface area contributed by atoms with E-state index in [-0.39, 0.29) is 42.5 Å². The fourth-order valence-corrected chi connectivity index (χ4v) is 4.61. The second kappa shape index (κ2) is 13.3. The molecule has 0 N–H and O–H groups in total. The van der Waals surface area contributed by atoms with Gasteiger partial charge in [-0.15, -0.1) is 0 Å². The Labute approximate surface area is 235 Å². The molecule has 0 saturated heterocycles. The van der Waals surface area contributed by atoms with Gasteiger partial charge in [0.2, 0.25) is 0 Å². The zero-order chi connectivity index (χ0) is 28.7. The number of rotatable bonds is 11. The molecular formula is C33H38F2O5. The molecule has 0 heterocycles. The minimum atomic E-state index is -0.498. The normalized spacial score (nSPS) is 15.3. The molecule has 3 aromatic carbocycles. The van der Waals surface area contributed by atoms with Gasteiger partial charge in [-0.1, -0.05) is 50.5 Å². The number of aryl methyl sites for hydroxylation is 1. The molecule has 0 aromatic heterocycles. The lowest BCUT2D eigenvalue weighted by atomic mass is 9.87. The maximum Gasteiger partial charge on any atom is 0.305 e. The van der Waals surface area contributed by atoms with Crippen molar-refractivity contribution in [3.8, 4) is 22.6 Å². The van der Waals surface area contributed by atoms with Gasteiger partial charge in [0, 0.05) is 19.1 Å². The van der Waals surface area contributed by atoms with Gasteiger partial charge >= 0.3 is 5.97 Å². The molecule has 2 saturated carbocycles. The Bertz CT molecular complexity index is 1310. The van der Waals surface area contributed by atoms with E-state index in [4.69, 9.17) is 14.2 Å². The summed E-state index contributed by atoms with van der Waals surface area (Å²) in [6, 6.07) is 15.2. The zero-order valence-corrected chi connectivity index (χ0v) is 23.7. The van der Waals surface area contributed by atoms with Crippen LogP contribution >= 0.6 is 0 Å². The number of esters is 1. The Balaban J connectivity index is 0.00000115. The van der Waals surface area contributed by atoms with E-state index in [1.165, 1.54) is 32.4 Å².